The van der Waals surface area contributed by atoms with Crippen molar-refractivity contribution in [3.8, 4) is 0 Å². The maximum atomic E-state index is 5.99. The first-order valence-electron chi connectivity index (χ1n) is 7.03. The molecule has 1 unspecified atom stereocenters. The van der Waals surface area contributed by atoms with E-state index in [9.17, 15) is 0 Å². The molecule has 100 valence electrons. The fraction of sp³-hybridized carbons (Fsp3) is 0.562. The van der Waals surface area contributed by atoms with E-state index < -0.39 is 0 Å². The van der Waals surface area contributed by atoms with Crippen LogP contribution < -0.4 is 5.73 Å². The highest BCUT2D eigenvalue weighted by Crippen LogP contribution is 2.28. The molecule has 0 aliphatic carbocycles. The summed E-state index contributed by atoms with van der Waals surface area (Å²) < 4.78 is 0. The van der Waals surface area contributed by atoms with Crippen molar-refractivity contribution in [1.29, 1.82) is 0 Å². The molecule has 2 nitrogen and oxygen atoms in total. The minimum absolute atomic E-state index is 0.515. The first kappa shape index (κ1) is 14.7. The number of aryl methyl sites for hydroxylation is 1. The van der Waals surface area contributed by atoms with Gasteiger partial charge >= 0.3 is 0 Å². The molecule has 1 rings (SSSR count). The largest absolute Gasteiger partial charge is 0.387 e. The van der Waals surface area contributed by atoms with Crippen molar-refractivity contribution >= 4 is 5.84 Å². The molecule has 0 bridgehead atoms. The lowest BCUT2D eigenvalue weighted by Crippen LogP contribution is -2.17. The van der Waals surface area contributed by atoms with Gasteiger partial charge in [0.25, 0.3) is 0 Å². The number of hydrogen-bond donors (Lipinski definition) is 1. The second-order valence-electron chi connectivity index (χ2n) is 4.87. The van der Waals surface area contributed by atoms with Crippen LogP contribution in [-0.4, -0.2) is 12.4 Å². The first-order valence-corrected chi connectivity index (χ1v) is 7.03. The van der Waals surface area contributed by atoms with E-state index in [0.29, 0.717) is 5.92 Å². The van der Waals surface area contributed by atoms with Crippen molar-refractivity contribution in [2.45, 2.75) is 52.4 Å². The molecule has 0 heterocycles. The summed E-state index contributed by atoms with van der Waals surface area (Å²) in [5.74, 6) is 1.31. The van der Waals surface area contributed by atoms with Gasteiger partial charge in [0, 0.05) is 13.0 Å². The molecule has 0 saturated carbocycles. The highest BCUT2D eigenvalue weighted by atomic mass is 14.8. The van der Waals surface area contributed by atoms with E-state index in [1.54, 1.807) is 0 Å². The highest BCUT2D eigenvalue weighted by Gasteiger charge is 2.14. The molecular weight excluding hydrogens is 220 g/mol. The zero-order chi connectivity index (χ0) is 13.4. The molecule has 0 radical (unpaired) electrons. The van der Waals surface area contributed by atoms with Gasteiger partial charge in [0.05, 0.1) is 5.84 Å². The number of nitrogens with two attached hydrogens (primary N) is 1. The molecule has 2 N–H and O–H groups in total. The summed E-state index contributed by atoms with van der Waals surface area (Å²) in [5, 5.41) is 0. The Kier molecular flexibility index (Phi) is 6.48. The van der Waals surface area contributed by atoms with E-state index in [0.717, 1.165) is 18.8 Å². The third-order valence-electron chi connectivity index (χ3n) is 3.35. The number of amidine groups is 1. The molecule has 0 aliphatic rings. The summed E-state index contributed by atoms with van der Waals surface area (Å²) in [6.45, 7) is 7.22. The molecular formula is C16H26N2. The van der Waals surface area contributed by atoms with Crippen LogP contribution in [0, 0.1) is 6.92 Å². The minimum Gasteiger partial charge on any atom is -0.387 e. The Labute approximate surface area is 111 Å². The van der Waals surface area contributed by atoms with E-state index in [4.69, 9.17) is 5.73 Å². The topological polar surface area (TPSA) is 38.4 Å². The van der Waals surface area contributed by atoms with Gasteiger partial charge in [-0.25, -0.2) is 0 Å². The maximum Gasteiger partial charge on any atom is 0.0943 e. The van der Waals surface area contributed by atoms with Gasteiger partial charge in [-0.05, 0) is 37.3 Å². The van der Waals surface area contributed by atoms with E-state index in [1.165, 1.54) is 30.4 Å². The summed E-state index contributed by atoms with van der Waals surface area (Å²) in [5.41, 5.74) is 8.79. The SMILES string of the molecule is CCCCC(CC(N)=NCC)c1ccccc1C. The molecule has 1 aromatic carbocycles. The van der Waals surface area contributed by atoms with Crippen LogP contribution in [0.4, 0.5) is 0 Å². The summed E-state index contributed by atoms with van der Waals surface area (Å²) in [6, 6.07) is 8.63. The fourth-order valence-electron chi connectivity index (χ4n) is 2.38. The van der Waals surface area contributed by atoms with Crippen molar-refractivity contribution in [2.75, 3.05) is 6.54 Å². The highest BCUT2D eigenvalue weighted by molar-refractivity contribution is 5.81. The Bertz CT molecular complexity index is 382. The van der Waals surface area contributed by atoms with Crippen LogP contribution in [0.1, 0.15) is 56.6 Å². The van der Waals surface area contributed by atoms with Crippen LogP contribution in [0.3, 0.4) is 0 Å². The van der Waals surface area contributed by atoms with Gasteiger partial charge in [-0.3, -0.25) is 4.99 Å². The maximum absolute atomic E-state index is 5.99. The molecule has 0 amide bonds. The van der Waals surface area contributed by atoms with Crippen LogP contribution in [0.25, 0.3) is 0 Å². The second-order valence-corrected chi connectivity index (χ2v) is 4.87. The lowest BCUT2D eigenvalue weighted by Gasteiger charge is -2.19. The lowest BCUT2D eigenvalue weighted by atomic mass is 9.87. The predicted molar refractivity (Wildman–Crippen MR) is 80.2 cm³/mol. The Morgan fingerprint density at radius 1 is 1.28 bits per heavy atom. The first-order chi connectivity index (χ1) is 8.69. The minimum atomic E-state index is 0.515. The van der Waals surface area contributed by atoms with E-state index >= 15 is 0 Å². The third-order valence-corrected chi connectivity index (χ3v) is 3.35. The zero-order valence-electron chi connectivity index (χ0n) is 11.9. The van der Waals surface area contributed by atoms with Crippen LogP contribution in [0.5, 0.6) is 0 Å². The summed E-state index contributed by atoms with van der Waals surface area (Å²) in [6.07, 6.45) is 4.56. The molecule has 0 saturated heterocycles. The van der Waals surface area contributed by atoms with Gasteiger partial charge in [-0.15, -0.1) is 0 Å². The van der Waals surface area contributed by atoms with E-state index in [2.05, 4.69) is 43.1 Å². The molecule has 0 fully saturated rings. The standard InChI is InChI=1S/C16H26N2/c1-4-6-10-14(12-16(17)18-5-2)15-11-8-7-9-13(15)3/h7-9,11,14H,4-6,10,12H2,1-3H3,(H2,17,18). The number of nitrogens with zero attached hydrogens (tertiary/aromatic N) is 1. The zero-order valence-corrected chi connectivity index (χ0v) is 11.9. The second kappa shape index (κ2) is 7.91. The van der Waals surface area contributed by atoms with Gasteiger partial charge in [-0.1, -0.05) is 44.0 Å². The van der Waals surface area contributed by atoms with Gasteiger partial charge in [0.2, 0.25) is 0 Å². The Morgan fingerprint density at radius 2 is 2.00 bits per heavy atom. The average Bonchev–Trinajstić information content (AvgIpc) is 2.35. The van der Waals surface area contributed by atoms with Gasteiger partial charge in [0.1, 0.15) is 0 Å². The van der Waals surface area contributed by atoms with Crippen LogP contribution in [0.2, 0.25) is 0 Å². The summed E-state index contributed by atoms with van der Waals surface area (Å²) >= 11 is 0. The molecule has 0 aromatic heterocycles. The average molecular weight is 246 g/mol. The van der Waals surface area contributed by atoms with Crippen molar-refractivity contribution in [3.63, 3.8) is 0 Å². The van der Waals surface area contributed by atoms with Crippen molar-refractivity contribution in [1.82, 2.24) is 0 Å². The third kappa shape index (κ3) is 4.52. The Balaban J connectivity index is 2.84. The Hall–Kier alpha value is -1.31. The van der Waals surface area contributed by atoms with Crippen LogP contribution in [-0.2, 0) is 0 Å². The number of unbranched alkanes of at least 4 members (excludes halogenated alkanes) is 1. The lowest BCUT2D eigenvalue weighted by molar-refractivity contribution is 0.595. The monoisotopic (exact) mass is 246 g/mol. The van der Waals surface area contributed by atoms with E-state index in [1.807, 2.05) is 6.92 Å². The molecule has 0 spiro atoms. The number of hydrogen-bond acceptors (Lipinski definition) is 1. The molecule has 18 heavy (non-hydrogen) atoms. The Morgan fingerprint density at radius 3 is 2.61 bits per heavy atom. The normalized spacial score (nSPS) is 13.6. The van der Waals surface area contributed by atoms with Gasteiger partial charge in [0.15, 0.2) is 0 Å². The van der Waals surface area contributed by atoms with Crippen molar-refractivity contribution in [3.05, 3.63) is 35.4 Å². The number of benzene rings is 1. The molecule has 0 aliphatic heterocycles. The molecule has 2 heteroatoms. The van der Waals surface area contributed by atoms with Gasteiger partial charge in [-0.2, -0.15) is 0 Å². The predicted octanol–water partition coefficient (Wildman–Crippen LogP) is 4.04. The van der Waals surface area contributed by atoms with Crippen LogP contribution in [0.15, 0.2) is 29.3 Å². The van der Waals surface area contributed by atoms with E-state index in [-0.39, 0.29) is 0 Å². The van der Waals surface area contributed by atoms with Crippen molar-refractivity contribution in [2.24, 2.45) is 10.7 Å². The number of rotatable bonds is 7. The summed E-state index contributed by atoms with van der Waals surface area (Å²) in [7, 11) is 0. The van der Waals surface area contributed by atoms with Crippen molar-refractivity contribution < 1.29 is 0 Å². The molecule has 1 atom stereocenters. The van der Waals surface area contributed by atoms with Crippen LogP contribution >= 0.6 is 0 Å². The fourth-order valence-corrected chi connectivity index (χ4v) is 2.38. The number of aliphatic imine (C=N–C) groups is 1. The quantitative estimate of drug-likeness (QED) is 0.572. The van der Waals surface area contributed by atoms with Gasteiger partial charge < -0.3 is 5.73 Å². The summed E-state index contributed by atoms with van der Waals surface area (Å²) in [4.78, 5) is 4.32. The molecule has 1 aromatic rings. The smallest absolute Gasteiger partial charge is 0.0943 e.